The molecule has 4 nitrogen and oxygen atoms in total. The third-order valence-electron chi connectivity index (χ3n) is 6.76. The van der Waals surface area contributed by atoms with Gasteiger partial charge in [-0.1, -0.05) is 52.0 Å². The summed E-state index contributed by atoms with van der Waals surface area (Å²) in [4.78, 5) is 27.8. The topological polar surface area (TPSA) is 49.4 Å². The number of nitrogens with one attached hydrogen (secondary N) is 1. The summed E-state index contributed by atoms with van der Waals surface area (Å²) >= 11 is 10.1. The van der Waals surface area contributed by atoms with Gasteiger partial charge in [0.15, 0.2) is 0 Å². The van der Waals surface area contributed by atoms with Crippen LogP contribution in [0.4, 0.5) is 0 Å². The van der Waals surface area contributed by atoms with E-state index in [1.54, 1.807) is 0 Å². The lowest BCUT2D eigenvalue weighted by Crippen LogP contribution is -2.61. The van der Waals surface area contributed by atoms with Gasteiger partial charge in [-0.05, 0) is 80.1 Å². The van der Waals surface area contributed by atoms with Crippen molar-refractivity contribution in [1.29, 1.82) is 0 Å². The Labute approximate surface area is 189 Å². The van der Waals surface area contributed by atoms with Crippen molar-refractivity contribution in [1.82, 2.24) is 10.2 Å². The maximum absolute atomic E-state index is 12.9. The van der Waals surface area contributed by atoms with E-state index < -0.39 is 0 Å². The third-order valence-corrected chi connectivity index (χ3v) is 8.64. The zero-order chi connectivity index (χ0) is 20.2. The molecule has 7 heteroatoms. The number of thioether (sulfide) groups is 1. The van der Waals surface area contributed by atoms with Crippen LogP contribution >= 0.6 is 39.9 Å². The second kappa shape index (κ2) is 7.50. The number of amides is 2. The standard InChI is InChI=1S/C22H23BrN2O2S2/c23-17-3-1-2-13(7-17)8-18-20(27)25(21(28)29-18)12-19(26)24-22-9-14-4-15(10-22)6-16(5-14)11-22/h1-3,7-8,14-16H,4-6,9-12H2,(H,24,26)/b18-8-. The molecule has 0 radical (unpaired) electrons. The molecule has 1 aromatic rings. The van der Waals surface area contributed by atoms with Gasteiger partial charge < -0.3 is 5.32 Å². The number of benzene rings is 1. The third kappa shape index (κ3) is 3.93. The highest BCUT2D eigenvalue weighted by Crippen LogP contribution is 2.55. The number of hydrogen-bond donors (Lipinski definition) is 1. The van der Waals surface area contributed by atoms with Crippen LogP contribution in [-0.4, -0.2) is 33.1 Å². The lowest BCUT2D eigenvalue weighted by atomic mass is 9.53. The van der Waals surface area contributed by atoms with Gasteiger partial charge in [0, 0.05) is 10.0 Å². The van der Waals surface area contributed by atoms with E-state index in [1.165, 1.54) is 35.9 Å². The van der Waals surface area contributed by atoms with Crippen LogP contribution in [0.2, 0.25) is 0 Å². The SMILES string of the molecule is O=C(CN1C(=O)/C(=C/c2cccc(Br)c2)SC1=S)NC12CC3CC(CC(C3)C1)C2. The minimum absolute atomic E-state index is 0.0161. The van der Waals surface area contributed by atoms with Crippen molar-refractivity contribution in [3.05, 3.63) is 39.2 Å². The maximum Gasteiger partial charge on any atom is 0.266 e. The summed E-state index contributed by atoms with van der Waals surface area (Å²) in [6.45, 7) is 0.0161. The summed E-state index contributed by atoms with van der Waals surface area (Å²) in [6, 6.07) is 7.76. The van der Waals surface area contributed by atoms with Crippen LogP contribution in [0, 0.1) is 17.8 Å². The predicted octanol–water partition coefficient (Wildman–Crippen LogP) is 4.74. The highest BCUT2D eigenvalue weighted by Gasteiger charge is 2.51. The lowest BCUT2D eigenvalue weighted by Gasteiger charge is -2.57. The molecule has 4 saturated carbocycles. The number of carbonyl (C=O) groups is 2. The first-order chi connectivity index (χ1) is 13.9. The number of halogens is 1. The van der Waals surface area contributed by atoms with E-state index >= 15 is 0 Å². The second-order valence-electron chi connectivity index (χ2n) is 9.07. The van der Waals surface area contributed by atoms with Crippen LogP contribution in [0.5, 0.6) is 0 Å². The molecule has 1 aromatic carbocycles. The normalized spacial score (nSPS) is 34.3. The average Bonchev–Trinajstić information content (AvgIpc) is 2.87. The Balaban J connectivity index is 1.26. The van der Waals surface area contributed by atoms with Crippen LogP contribution in [0.3, 0.4) is 0 Å². The summed E-state index contributed by atoms with van der Waals surface area (Å²) in [5, 5.41) is 3.34. The molecule has 4 bridgehead atoms. The zero-order valence-corrected chi connectivity index (χ0v) is 19.2. The average molecular weight is 491 g/mol. The van der Waals surface area contributed by atoms with Gasteiger partial charge in [0.25, 0.3) is 5.91 Å². The fourth-order valence-electron chi connectivity index (χ4n) is 6.13. The van der Waals surface area contributed by atoms with E-state index in [0.29, 0.717) is 9.23 Å². The largest absolute Gasteiger partial charge is 0.349 e. The molecule has 0 unspecified atom stereocenters. The summed E-state index contributed by atoms with van der Waals surface area (Å²) in [6.07, 6.45) is 9.16. The molecule has 4 aliphatic carbocycles. The Morgan fingerprint density at radius 2 is 1.90 bits per heavy atom. The van der Waals surface area contributed by atoms with Gasteiger partial charge >= 0.3 is 0 Å². The van der Waals surface area contributed by atoms with Crippen LogP contribution < -0.4 is 5.32 Å². The van der Waals surface area contributed by atoms with Crippen molar-refractivity contribution in [2.45, 2.75) is 44.1 Å². The first-order valence-electron chi connectivity index (χ1n) is 10.2. The molecule has 2 amide bonds. The highest BCUT2D eigenvalue weighted by atomic mass is 79.9. The van der Waals surface area contributed by atoms with Gasteiger partial charge in [0.2, 0.25) is 5.91 Å². The van der Waals surface area contributed by atoms with Gasteiger partial charge in [-0.3, -0.25) is 14.5 Å². The predicted molar refractivity (Wildman–Crippen MR) is 123 cm³/mol. The van der Waals surface area contributed by atoms with Crippen LogP contribution in [0.1, 0.15) is 44.1 Å². The minimum atomic E-state index is -0.180. The highest BCUT2D eigenvalue weighted by molar-refractivity contribution is 9.10. The molecule has 1 aliphatic heterocycles. The molecular weight excluding hydrogens is 468 g/mol. The molecule has 152 valence electrons. The Morgan fingerprint density at radius 3 is 2.52 bits per heavy atom. The maximum atomic E-state index is 12.9. The van der Waals surface area contributed by atoms with E-state index in [1.807, 2.05) is 30.3 Å². The number of hydrogen-bond acceptors (Lipinski definition) is 4. The van der Waals surface area contributed by atoms with Crippen molar-refractivity contribution in [3.63, 3.8) is 0 Å². The molecule has 1 saturated heterocycles. The van der Waals surface area contributed by atoms with Gasteiger partial charge in [0.1, 0.15) is 10.9 Å². The second-order valence-corrected chi connectivity index (χ2v) is 11.7. The van der Waals surface area contributed by atoms with Crippen molar-refractivity contribution < 1.29 is 9.59 Å². The molecule has 5 aliphatic rings. The van der Waals surface area contributed by atoms with Crippen molar-refractivity contribution in [2.75, 3.05) is 6.54 Å². The van der Waals surface area contributed by atoms with Gasteiger partial charge in [-0.15, -0.1) is 0 Å². The van der Waals surface area contributed by atoms with Crippen molar-refractivity contribution in [3.8, 4) is 0 Å². The van der Waals surface area contributed by atoms with E-state index in [0.717, 1.165) is 47.1 Å². The summed E-state index contributed by atoms with van der Waals surface area (Å²) in [5.41, 5.74) is 0.885. The monoisotopic (exact) mass is 490 g/mol. The minimum Gasteiger partial charge on any atom is -0.349 e. The molecule has 0 aromatic heterocycles. The summed E-state index contributed by atoms with van der Waals surface area (Å²) in [7, 11) is 0. The number of thiocarbonyl (C=S) groups is 1. The van der Waals surface area contributed by atoms with Crippen LogP contribution in [-0.2, 0) is 9.59 Å². The van der Waals surface area contributed by atoms with E-state index in [2.05, 4.69) is 21.2 Å². The molecule has 29 heavy (non-hydrogen) atoms. The Kier molecular flexibility index (Phi) is 5.11. The molecule has 1 N–H and O–H groups in total. The fraction of sp³-hybridized carbons (Fsp3) is 0.500. The van der Waals surface area contributed by atoms with Crippen LogP contribution in [0.25, 0.3) is 6.08 Å². The molecule has 1 heterocycles. The van der Waals surface area contributed by atoms with Crippen molar-refractivity contribution >= 4 is 62.1 Å². The zero-order valence-electron chi connectivity index (χ0n) is 16.0. The molecule has 0 spiro atoms. The van der Waals surface area contributed by atoms with Crippen LogP contribution in [0.15, 0.2) is 33.6 Å². The fourth-order valence-corrected chi connectivity index (χ4v) is 7.80. The van der Waals surface area contributed by atoms with E-state index in [4.69, 9.17) is 12.2 Å². The molecule has 0 atom stereocenters. The number of nitrogens with zero attached hydrogens (tertiary/aromatic N) is 1. The van der Waals surface area contributed by atoms with Crippen molar-refractivity contribution in [2.24, 2.45) is 17.8 Å². The first-order valence-corrected chi connectivity index (χ1v) is 12.2. The smallest absolute Gasteiger partial charge is 0.266 e. The Morgan fingerprint density at radius 1 is 1.24 bits per heavy atom. The lowest BCUT2D eigenvalue weighted by molar-refractivity contribution is -0.132. The summed E-state index contributed by atoms with van der Waals surface area (Å²) in [5.74, 6) is 2.05. The van der Waals surface area contributed by atoms with Gasteiger partial charge in [0.05, 0.1) is 4.91 Å². The number of rotatable bonds is 4. The van der Waals surface area contributed by atoms with Gasteiger partial charge in [-0.2, -0.15) is 0 Å². The molecule has 5 fully saturated rings. The molecule has 6 rings (SSSR count). The Hall–Kier alpha value is -1.18. The van der Waals surface area contributed by atoms with E-state index in [-0.39, 0.29) is 23.9 Å². The quantitative estimate of drug-likeness (QED) is 0.489. The first kappa shape index (κ1) is 19.8. The molecular formula is C22H23BrN2O2S2. The Bertz CT molecular complexity index is 894. The number of carbonyl (C=O) groups excluding carboxylic acids is 2. The summed E-state index contributed by atoms with van der Waals surface area (Å²) < 4.78 is 1.41. The van der Waals surface area contributed by atoms with Gasteiger partial charge in [-0.25, -0.2) is 0 Å². The van der Waals surface area contributed by atoms with E-state index in [9.17, 15) is 9.59 Å².